The summed E-state index contributed by atoms with van der Waals surface area (Å²) in [6.45, 7) is 2.05. The number of aliphatic imine (C=N–C) groups is 1. The summed E-state index contributed by atoms with van der Waals surface area (Å²) in [6, 6.07) is 15.0. The highest BCUT2D eigenvalue weighted by molar-refractivity contribution is 5.82. The summed E-state index contributed by atoms with van der Waals surface area (Å²) in [5.74, 6) is 0.259. The Balaban J connectivity index is 2.18. The van der Waals surface area contributed by atoms with Gasteiger partial charge in [0, 0.05) is 6.21 Å². The molecule has 2 aromatic carbocycles. The molecule has 0 aromatic heterocycles. The molecule has 0 fully saturated rings. The quantitative estimate of drug-likeness (QED) is 0.758. The molecule has 0 aliphatic carbocycles. The van der Waals surface area contributed by atoms with Crippen LogP contribution in [0.2, 0.25) is 0 Å². The van der Waals surface area contributed by atoms with Gasteiger partial charge in [-0.1, -0.05) is 29.8 Å². The van der Waals surface area contributed by atoms with Crippen LogP contribution >= 0.6 is 0 Å². The van der Waals surface area contributed by atoms with Crippen LogP contribution in [-0.2, 0) is 0 Å². The maximum atomic E-state index is 9.13. The van der Waals surface area contributed by atoms with Crippen molar-refractivity contribution >= 4 is 11.9 Å². The Morgan fingerprint density at radius 2 is 1.81 bits per heavy atom. The van der Waals surface area contributed by atoms with Crippen LogP contribution in [0.25, 0.3) is 0 Å². The van der Waals surface area contributed by atoms with Crippen LogP contribution in [0.4, 0.5) is 5.69 Å². The average molecular weight is 211 g/mol. The van der Waals surface area contributed by atoms with Gasteiger partial charge < -0.3 is 5.11 Å². The van der Waals surface area contributed by atoms with E-state index in [1.165, 1.54) is 5.56 Å². The molecule has 0 atom stereocenters. The first-order valence-corrected chi connectivity index (χ1v) is 5.14. The SMILES string of the molecule is Cc1cccc(C=Nc2ccc(O)cc2)c1. The lowest BCUT2D eigenvalue weighted by molar-refractivity contribution is 0.475. The minimum absolute atomic E-state index is 0.259. The Kier molecular flexibility index (Phi) is 3.01. The van der Waals surface area contributed by atoms with Crippen molar-refractivity contribution < 1.29 is 5.11 Å². The highest BCUT2D eigenvalue weighted by Crippen LogP contribution is 2.16. The van der Waals surface area contributed by atoms with Gasteiger partial charge >= 0.3 is 0 Å². The highest BCUT2D eigenvalue weighted by atomic mass is 16.3. The number of hydrogen-bond donors (Lipinski definition) is 1. The fourth-order valence-electron chi connectivity index (χ4n) is 1.44. The minimum Gasteiger partial charge on any atom is -0.508 e. The topological polar surface area (TPSA) is 32.6 Å². The van der Waals surface area contributed by atoms with E-state index < -0.39 is 0 Å². The second-order valence-corrected chi connectivity index (χ2v) is 3.69. The molecule has 2 aromatic rings. The number of phenols is 1. The molecule has 80 valence electrons. The first-order valence-electron chi connectivity index (χ1n) is 5.14. The molecule has 1 N–H and O–H groups in total. The zero-order valence-corrected chi connectivity index (χ0v) is 9.09. The Hall–Kier alpha value is -2.09. The standard InChI is InChI=1S/C14H13NO/c1-11-3-2-4-12(9-11)10-15-13-5-7-14(16)8-6-13/h2-10,16H,1H3. The Morgan fingerprint density at radius 1 is 1.06 bits per heavy atom. The van der Waals surface area contributed by atoms with Crippen LogP contribution in [0.3, 0.4) is 0 Å². The van der Waals surface area contributed by atoms with E-state index in [9.17, 15) is 0 Å². The summed E-state index contributed by atoms with van der Waals surface area (Å²) < 4.78 is 0. The molecule has 0 aliphatic heterocycles. The molecule has 0 bridgehead atoms. The van der Waals surface area contributed by atoms with Gasteiger partial charge in [0.2, 0.25) is 0 Å². The van der Waals surface area contributed by atoms with Crippen molar-refractivity contribution in [3.8, 4) is 5.75 Å². The van der Waals surface area contributed by atoms with Crippen molar-refractivity contribution in [3.63, 3.8) is 0 Å². The fourth-order valence-corrected chi connectivity index (χ4v) is 1.44. The third-order valence-electron chi connectivity index (χ3n) is 2.25. The second-order valence-electron chi connectivity index (χ2n) is 3.69. The molecule has 0 spiro atoms. The largest absolute Gasteiger partial charge is 0.508 e. The van der Waals surface area contributed by atoms with Crippen molar-refractivity contribution in [1.82, 2.24) is 0 Å². The van der Waals surface area contributed by atoms with Crippen LogP contribution in [0.5, 0.6) is 5.75 Å². The van der Waals surface area contributed by atoms with Crippen molar-refractivity contribution in [2.45, 2.75) is 6.92 Å². The molecule has 0 radical (unpaired) electrons. The van der Waals surface area contributed by atoms with Crippen LogP contribution in [0.1, 0.15) is 11.1 Å². The van der Waals surface area contributed by atoms with Crippen LogP contribution in [-0.4, -0.2) is 11.3 Å². The van der Waals surface area contributed by atoms with E-state index in [-0.39, 0.29) is 5.75 Å². The lowest BCUT2D eigenvalue weighted by atomic mass is 10.1. The monoisotopic (exact) mass is 211 g/mol. The fraction of sp³-hybridized carbons (Fsp3) is 0.0714. The smallest absolute Gasteiger partial charge is 0.115 e. The number of phenolic OH excluding ortho intramolecular Hbond substituents is 1. The van der Waals surface area contributed by atoms with Gasteiger partial charge in [0.15, 0.2) is 0 Å². The second kappa shape index (κ2) is 4.62. The predicted molar refractivity (Wildman–Crippen MR) is 66.5 cm³/mol. The van der Waals surface area contributed by atoms with Gasteiger partial charge in [0.05, 0.1) is 5.69 Å². The zero-order chi connectivity index (χ0) is 11.4. The summed E-state index contributed by atoms with van der Waals surface area (Å²) in [6.07, 6.45) is 1.82. The van der Waals surface area contributed by atoms with Crippen LogP contribution in [0, 0.1) is 6.92 Å². The van der Waals surface area contributed by atoms with Crippen LogP contribution in [0.15, 0.2) is 53.5 Å². The van der Waals surface area contributed by atoms with Gasteiger partial charge in [-0.25, -0.2) is 0 Å². The number of aryl methyl sites for hydroxylation is 1. The number of rotatable bonds is 2. The van der Waals surface area contributed by atoms with Gasteiger partial charge in [0.1, 0.15) is 5.75 Å². The van der Waals surface area contributed by atoms with Gasteiger partial charge in [-0.3, -0.25) is 4.99 Å². The van der Waals surface area contributed by atoms with Gasteiger partial charge in [0.25, 0.3) is 0 Å². The molecule has 2 rings (SSSR count). The summed E-state index contributed by atoms with van der Waals surface area (Å²) >= 11 is 0. The van der Waals surface area contributed by atoms with E-state index in [1.54, 1.807) is 24.3 Å². The summed E-state index contributed by atoms with van der Waals surface area (Å²) in [4.78, 5) is 4.32. The van der Waals surface area contributed by atoms with E-state index in [0.717, 1.165) is 11.3 Å². The molecule has 0 heterocycles. The third-order valence-corrected chi connectivity index (χ3v) is 2.25. The lowest BCUT2D eigenvalue weighted by Gasteiger charge is -1.96. The number of hydrogen-bond acceptors (Lipinski definition) is 2. The highest BCUT2D eigenvalue weighted by Gasteiger charge is 1.90. The summed E-state index contributed by atoms with van der Waals surface area (Å²) in [7, 11) is 0. The first kappa shape index (κ1) is 10.4. The van der Waals surface area contributed by atoms with Crippen molar-refractivity contribution in [1.29, 1.82) is 0 Å². The summed E-state index contributed by atoms with van der Waals surface area (Å²) in [5, 5.41) is 9.13. The molecular weight excluding hydrogens is 198 g/mol. The van der Waals surface area contributed by atoms with Crippen LogP contribution < -0.4 is 0 Å². The predicted octanol–water partition coefficient (Wildman–Crippen LogP) is 3.45. The summed E-state index contributed by atoms with van der Waals surface area (Å²) in [5.41, 5.74) is 3.13. The van der Waals surface area contributed by atoms with Gasteiger partial charge in [-0.15, -0.1) is 0 Å². The number of benzene rings is 2. The third kappa shape index (κ3) is 2.70. The van der Waals surface area contributed by atoms with Crippen molar-refractivity contribution in [2.75, 3.05) is 0 Å². The van der Waals surface area contributed by atoms with Gasteiger partial charge in [-0.2, -0.15) is 0 Å². The van der Waals surface area contributed by atoms with Crippen molar-refractivity contribution in [3.05, 3.63) is 59.7 Å². The van der Waals surface area contributed by atoms with E-state index in [1.807, 2.05) is 18.3 Å². The molecule has 16 heavy (non-hydrogen) atoms. The van der Waals surface area contributed by atoms with Crippen molar-refractivity contribution in [2.24, 2.45) is 4.99 Å². The number of nitrogens with zero attached hydrogens (tertiary/aromatic N) is 1. The van der Waals surface area contributed by atoms with E-state index >= 15 is 0 Å². The normalized spacial score (nSPS) is 10.8. The molecule has 2 heteroatoms. The Morgan fingerprint density at radius 3 is 2.50 bits per heavy atom. The lowest BCUT2D eigenvalue weighted by Crippen LogP contribution is -1.81. The number of aromatic hydroxyl groups is 1. The maximum Gasteiger partial charge on any atom is 0.115 e. The minimum atomic E-state index is 0.259. The molecule has 0 amide bonds. The maximum absolute atomic E-state index is 9.13. The van der Waals surface area contributed by atoms with Gasteiger partial charge in [-0.05, 0) is 36.8 Å². The molecule has 2 nitrogen and oxygen atoms in total. The molecular formula is C14H13NO. The molecule has 0 saturated heterocycles. The van der Waals surface area contributed by atoms with E-state index in [0.29, 0.717) is 0 Å². The van der Waals surface area contributed by atoms with E-state index in [2.05, 4.69) is 24.0 Å². The zero-order valence-electron chi connectivity index (χ0n) is 9.09. The molecule has 0 unspecified atom stereocenters. The molecule has 0 saturated carbocycles. The van der Waals surface area contributed by atoms with E-state index in [4.69, 9.17) is 5.11 Å². The average Bonchev–Trinajstić information content (AvgIpc) is 2.28. The molecule has 0 aliphatic rings. The first-order chi connectivity index (χ1) is 7.74. The Bertz CT molecular complexity index is 500. The Labute approximate surface area is 94.9 Å².